The van der Waals surface area contributed by atoms with E-state index in [0.717, 1.165) is 25.7 Å². The van der Waals surface area contributed by atoms with Crippen molar-refractivity contribution in [2.24, 2.45) is 0 Å². The largest absolute Gasteiger partial charge is 0.463 e. The van der Waals surface area contributed by atoms with Crippen molar-refractivity contribution in [2.45, 2.75) is 183 Å². The Morgan fingerprint density at radius 3 is 1.67 bits per heavy atom. The normalized spacial score (nSPS) is 35.9. The van der Waals surface area contributed by atoms with Crippen molar-refractivity contribution in [1.82, 2.24) is 0 Å². The third-order valence-electron chi connectivity index (χ3n) is 10.4. The summed E-state index contributed by atoms with van der Waals surface area (Å²) in [5.41, 5.74) is 0. The Kier molecular flexibility index (Phi) is 24.7. The summed E-state index contributed by atoms with van der Waals surface area (Å²) in [7, 11) is 0. The molecule has 346 valence electrons. The summed E-state index contributed by atoms with van der Waals surface area (Å²) in [5, 5.41) is 104. The van der Waals surface area contributed by atoms with Crippen molar-refractivity contribution < 1.29 is 89.0 Å². The number of carbonyl (C=O) groups is 1. The van der Waals surface area contributed by atoms with Gasteiger partial charge in [-0.25, -0.2) is 0 Å². The zero-order valence-electron chi connectivity index (χ0n) is 34.7. The van der Waals surface area contributed by atoms with Crippen LogP contribution in [-0.4, -0.2) is 182 Å². The summed E-state index contributed by atoms with van der Waals surface area (Å²) < 4.78 is 39.3. The molecule has 60 heavy (non-hydrogen) atoms. The van der Waals surface area contributed by atoms with E-state index in [2.05, 4.69) is 43.4 Å². The lowest BCUT2D eigenvalue weighted by molar-refractivity contribution is -0.362. The van der Waals surface area contributed by atoms with Gasteiger partial charge in [0.25, 0.3) is 0 Å². The Labute approximate surface area is 352 Å². The Balaban J connectivity index is 1.55. The van der Waals surface area contributed by atoms with Crippen LogP contribution in [0.2, 0.25) is 0 Å². The first kappa shape index (κ1) is 52.1. The first-order chi connectivity index (χ1) is 28.9. The maximum Gasteiger partial charge on any atom is 0.305 e. The molecule has 0 aromatic rings. The van der Waals surface area contributed by atoms with Crippen LogP contribution in [0, 0.1) is 0 Å². The zero-order chi connectivity index (χ0) is 44.0. The number of ether oxygens (including phenoxy) is 7. The van der Waals surface area contributed by atoms with Gasteiger partial charge in [0, 0.05) is 6.42 Å². The molecule has 0 amide bonds. The fourth-order valence-electron chi connectivity index (χ4n) is 6.75. The van der Waals surface area contributed by atoms with Crippen LogP contribution in [-0.2, 0) is 38.0 Å². The van der Waals surface area contributed by atoms with Gasteiger partial charge in [0.15, 0.2) is 18.9 Å². The lowest BCUT2D eigenvalue weighted by atomic mass is 9.96. The Hall–Kier alpha value is -2.21. The molecule has 3 rings (SSSR count). The Bertz CT molecular complexity index is 1290. The molecule has 3 fully saturated rings. The van der Waals surface area contributed by atoms with E-state index in [4.69, 9.17) is 33.2 Å². The molecule has 0 saturated carbocycles. The SMILES string of the molecule is CCCCC/C=C\C/C=C\C/C=C\C/C=C\CCCC(=O)OCC(CO[C@@H]1O[C@H](CO)[C@@H](O)[C@H](O[C@@H]2O[C@H](CC)[C@@H](O)[C@H](O)[C@H]2O)[C@H]1O)O[C@@H]1O[C@H](CO)[C@@H](O)[C@H](O)[C@H]1O. The van der Waals surface area contributed by atoms with Crippen LogP contribution >= 0.6 is 0 Å². The molecule has 16 atom stereocenters. The van der Waals surface area contributed by atoms with Gasteiger partial charge in [-0.1, -0.05) is 75.3 Å². The zero-order valence-corrected chi connectivity index (χ0v) is 34.7. The number of aliphatic hydroxyl groups is 10. The quantitative estimate of drug-likeness (QED) is 0.0309. The summed E-state index contributed by atoms with van der Waals surface area (Å²) in [6, 6.07) is 0. The minimum atomic E-state index is -1.82. The molecule has 0 aliphatic carbocycles. The molecule has 0 bridgehead atoms. The van der Waals surface area contributed by atoms with Crippen molar-refractivity contribution in [2.75, 3.05) is 26.4 Å². The minimum Gasteiger partial charge on any atom is -0.463 e. The van der Waals surface area contributed by atoms with Gasteiger partial charge in [0.1, 0.15) is 79.9 Å². The number of hydrogen-bond acceptors (Lipinski definition) is 18. The number of hydrogen-bond donors (Lipinski definition) is 10. The highest BCUT2D eigenvalue weighted by molar-refractivity contribution is 5.69. The molecule has 3 aliphatic rings. The molecule has 18 nitrogen and oxygen atoms in total. The topological polar surface area (TPSA) is 284 Å². The van der Waals surface area contributed by atoms with Crippen molar-refractivity contribution >= 4 is 5.97 Å². The van der Waals surface area contributed by atoms with E-state index in [9.17, 15) is 55.9 Å². The van der Waals surface area contributed by atoms with Crippen LogP contribution in [0.5, 0.6) is 0 Å². The van der Waals surface area contributed by atoms with Crippen LogP contribution in [0.4, 0.5) is 0 Å². The van der Waals surface area contributed by atoms with Gasteiger partial charge in [0.05, 0.1) is 25.9 Å². The van der Waals surface area contributed by atoms with Gasteiger partial charge >= 0.3 is 5.97 Å². The fourth-order valence-corrected chi connectivity index (χ4v) is 6.75. The number of allylic oxidation sites excluding steroid dienone is 8. The van der Waals surface area contributed by atoms with Gasteiger partial charge in [-0.2, -0.15) is 0 Å². The highest BCUT2D eigenvalue weighted by Crippen LogP contribution is 2.31. The molecular weight excluding hydrogens is 792 g/mol. The molecule has 10 N–H and O–H groups in total. The lowest BCUT2D eigenvalue weighted by Crippen LogP contribution is -2.64. The molecule has 0 spiro atoms. The predicted molar refractivity (Wildman–Crippen MR) is 214 cm³/mol. The average Bonchev–Trinajstić information content (AvgIpc) is 3.24. The van der Waals surface area contributed by atoms with E-state index in [0.29, 0.717) is 12.8 Å². The Morgan fingerprint density at radius 2 is 1.08 bits per heavy atom. The molecule has 0 radical (unpaired) electrons. The predicted octanol–water partition coefficient (Wildman–Crippen LogP) is -0.0812. The standard InChI is InChI=1S/C42H70O18/c1-3-5-6-7-8-9-10-11-12-13-14-15-16-17-18-19-20-21-30(45)54-24-26(56-41-36(51)35(50)32(47)28(22-43)59-41)25-55-40-38(53)39(33(48)29(23-44)58-40)60-42-37(52)34(49)31(46)27(4-2)57-42/h8-9,11-12,14-15,17-18,26-29,31-44,46-53H,3-7,10,13,16,19-25H2,1-2H3/b9-8-,12-11-,15-14-,18-17-/t26?,27-,28-,29-,31-,32-,33-,34+,35+,36-,37-,38-,39+,40-,41-,42+/m1/s1. The van der Waals surface area contributed by atoms with E-state index in [-0.39, 0.29) is 12.8 Å². The number of unbranched alkanes of at least 4 members (excludes halogenated alkanes) is 4. The number of carbonyl (C=O) groups excluding carboxylic acids is 1. The highest BCUT2D eigenvalue weighted by atomic mass is 16.8. The first-order valence-electron chi connectivity index (χ1n) is 21.2. The monoisotopic (exact) mass is 862 g/mol. The van der Waals surface area contributed by atoms with Gasteiger partial charge in [0.2, 0.25) is 0 Å². The van der Waals surface area contributed by atoms with Crippen LogP contribution in [0.25, 0.3) is 0 Å². The van der Waals surface area contributed by atoms with Crippen LogP contribution in [0.1, 0.15) is 84.5 Å². The van der Waals surface area contributed by atoms with Gasteiger partial charge in [-0.3, -0.25) is 4.79 Å². The first-order valence-corrected chi connectivity index (χ1v) is 21.2. The second-order valence-electron chi connectivity index (χ2n) is 15.2. The summed E-state index contributed by atoms with van der Waals surface area (Å²) in [6.07, 6.45) is 0.417. The molecule has 3 saturated heterocycles. The minimum absolute atomic E-state index is 0.0465. The number of rotatable bonds is 26. The van der Waals surface area contributed by atoms with Gasteiger partial charge < -0.3 is 84.2 Å². The smallest absolute Gasteiger partial charge is 0.305 e. The highest BCUT2D eigenvalue weighted by Gasteiger charge is 2.51. The third-order valence-corrected chi connectivity index (χ3v) is 10.4. The van der Waals surface area contributed by atoms with Crippen molar-refractivity contribution in [1.29, 1.82) is 0 Å². The average molecular weight is 863 g/mol. The van der Waals surface area contributed by atoms with Gasteiger partial charge in [-0.05, 0) is 51.4 Å². The van der Waals surface area contributed by atoms with Crippen LogP contribution < -0.4 is 0 Å². The maximum atomic E-state index is 12.7. The summed E-state index contributed by atoms with van der Waals surface area (Å²) in [4.78, 5) is 12.7. The second-order valence-corrected chi connectivity index (χ2v) is 15.2. The van der Waals surface area contributed by atoms with E-state index in [1.807, 2.05) is 12.2 Å². The molecule has 3 heterocycles. The molecule has 3 aliphatic heterocycles. The van der Waals surface area contributed by atoms with E-state index in [1.165, 1.54) is 19.3 Å². The van der Waals surface area contributed by atoms with Crippen LogP contribution in [0.15, 0.2) is 48.6 Å². The van der Waals surface area contributed by atoms with E-state index in [1.54, 1.807) is 6.92 Å². The van der Waals surface area contributed by atoms with Crippen molar-refractivity contribution in [3.05, 3.63) is 48.6 Å². The fraction of sp³-hybridized carbons (Fsp3) is 0.786. The molecular formula is C42H70O18. The molecule has 18 heteroatoms. The molecule has 0 aromatic heterocycles. The van der Waals surface area contributed by atoms with E-state index < -0.39 is 131 Å². The summed E-state index contributed by atoms with van der Waals surface area (Å²) >= 11 is 0. The number of esters is 1. The molecule has 0 aromatic carbocycles. The summed E-state index contributed by atoms with van der Waals surface area (Å²) in [5.74, 6) is -0.595. The maximum absolute atomic E-state index is 12.7. The number of aliphatic hydroxyl groups excluding tert-OH is 10. The second kappa shape index (κ2) is 28.5. The van der Waals surface area contributed by atoms with Crippen LogP contribution in [0.3, 0.4) is 0 Å². The van der Waals surface area contributed by atoms with Gasteiger partial charge in [-0.15, -0.1) is 0 Å². The van der Waals surface area contributed by atoms with E-state index >= 15 is 0 Å². The lowest BCUT2D eigenvalue weighted by Gasteiger charge is -2.46. The Morgan fingerprint density at radius 1 is 0.567 bits per heavy atom. The van der Waals surface area contributed by atoms with Crippen molar-refractivity contribution in [3.63, 3.8) is 0 Å². The molecule has 1 unspecified atom stereocenters. The van der Waals surface area contributed by atoms with Crippen molar-refractivity contribution in [3.8, 4) is 0 Å². The third kappa shape index (κ3) is 16.5. The summed E-state index contributed by atoms with van der Waals surface area (Å²) in [6.45, 7) is 1.30.